The van der Waals surface area contributed by atoms with Gasteiger partial charge in [-0.05, 0) is 59.5 Å². The lowest BCUT2D eigenvalue weighted by molar-refractivity contribution is 0.0618. The molecule has 6 nitrogen and oxygen atoms in total. The monoisotopic (exact) mass is 370 g/mol. The topological polar surface area (TPSA) is 61.6 Å². The number of furan rings is 1. The van der Waals surface area contributed by atoms with E-state index >= 15 is 0 Å². The molecule has 3 saturated heterocycles. The van der Waals surface area contributed by atoms with Crippen LogP contribution in [0.2, 0.25) is 0 Å². The van der Waals surface area contributed by atoms with Gasteiger partial charge in [0.25, 0.3) is 5.91 Å². The van der Waals surface area contributed by atoms with Gasteiger partial charge in [0, 0.05) is 48.4 Å². The summed E-state index contributed by atoms with van der Waals surface area (Å²) in [5, 5.41) is 4.13. The molecule has 5 rings (SSSR count). The highest BCUT2D eigenvalue weighted by atomic mass is 16.4. The normalized spacial score (nSPS) is 24.7. The number of hydrogen-bond donors (Lipinski definition) is 1. The fraction of sp³-hybridized carbons (Fsp3) is 0.619. The fourth-order valence-corrected chi connectivity index (χ4v) is 4.65. The first-order valence-electron chi connectivity index (χ1n) is 10.1. The van der Waals surface area contributed by atoms with E-state index in [1.54, 1.807) is 12.3 Å². The van der Waals surface area contributed by atoms with E-state index in [4.69, 9.17) is 4.42 Å². The first kappa shape index (κ1) is 18.3. The summed E-state index contributed by atoms with van der Waals surface area (Å²) in [6.45, 7) is 11.9. The predicted octanol–water partition coefficient (Wildman–Crippen LogP) is 3.28. The second-order valence-electron chi connectivity index (χ2n) is 8.50. The van der Waals surface area contributed by atoms with Crippen molar-refractivity contribution in [1.29, 1.82) is 0 Å². The first-order valence-corrected chi connectivity index (χ1v) is 10.1. The van der Waals surface area contributed by atoms with Gasteiger partial charge in [-0.2, -0.15) is 0 Å². The van der Waals surface area contributed by atoms with Crippen LogP contribution in [0.3, 0.4) is 0 Å². The summed E-state index contributed by atoms with van der Waals surface area (Å²) in [4.78, 5) is 21.8. The Morgan fingerprint density at radius 2 is 1.93 bits per heavy atom. The molecule has 6 heteroatoms. The van der Waals surface area contributed by atoms with Gasteiger partial charge in [0.1, 0.15) is 11.3 Å². The molecule has 1 atom stereocenters. The molecule has 2 bridgehead atoms. The zero-order chi connectivity index (χ0) is 19.1. The van der Waals surface area contributed by atoms with Crippen LogP contribution in [0.1, 0.15) is 51.0 Å². The SMILES string of the molecule is CC(C)N(c1cc2cnc(C(=O)NC3CN4CCC3CC4)cc2o1)C(C)C. The minimum atomic E-state index is -0.0989. The lowest BCUT2D eigenvalue weighted by atomic mass is 9.84. The van der Waals surface area contributed by atoms with Gasteiger partial charge < -0.3 is 19.5 Å². The molecule has 2 aromatic heterocycles. The molecular weight excluding hydrogens is 340 g/mol. The van der Waals surface area contributed by atoms with Crippen LogP contribution in [0.15, 0.2) is 22.7 Å². The number of fused-ring (bicyclic) bond motifs is 4. The largest absolute Gasteiger partial charge is 0.440 e. The van der Waals surface area contributed by atoms with Gasteiger partial charge in [-0.15, -0.1) is 0 Å². The fourth-order valence-electron chi connectivity index (χ4n) is 4.65. The maximum Gasteiger partial charge on any atom is 0.270 e. The number of hydrogen-bond acceptors (Lipinski definition) is 5. The lowest BCUT2D eigenvalue weighted by Crippen LogP contribution is -2.57. The quantitative estimate of drug-likeness (QED) is 0.875. The Morgan fingerprint density at radius 3 is 2.52 bits per heavy atom. The number of aromatic nitrogens is 1. The summed E-state index contributed by atoms with van der Waals surface area (Å²) in [5.74, 6) is 1.33. The third kappa shape index (κ3) is 3.55. The summed E-state index contributed by atoms with van der Waals surface area (Å²) in [5.41, 5.74) is 1.14. The number of rotatable bonds is 5. The van der Waals surface area contributed by atoms with E-state index in [1.165, 1.54) is 25.9 Å². The van der Waals surface area contributed by atoms with Crippen molar-refractivity contribution in [3.05, 3.63) is 24.0 Å². The van der Waals surface area contributed by atoms with Gasteiger partial charge in [0.15, 0.2) is 5.88 Å². The van der Waals surface area contributed by atoms with E-state index in [-0.39, 0.29) is 11.9 Å². The number of carbonyl (C=O) groups excluding carboxylic acids is 1. The predicted molar refractivity (Wildman–Crippen MR) is 107 cm³/mol. The van der Waals surface area contributed by atoms with E-state index in [0.29, 0.717) is 29.3 Å². The highest BCUT2D eigenvalue weighted by Crippen LogP contribution is 2.30. The molecule has 3 aliphatic heterocycles. The van der Waals surface area contributed by atoms with Crippen molar-refractivity contribution in [1.82, 2.24) is 15.2 Å². The van der Waals surface area contributed by atoms with Crippen molar-refractivity contribution in [2.75, 3.05) is 24.5 Å². The van der Waals surface area contributed by atoms with Gasteiger partial charge in [-0.3, -0.25) is 9.78 Å². The Morgan fingerprint density at radius 1 is 1.22 bits per heavy atom. The molecule has 1 unspecified atom stereocenters. The van der Waals surface area contributed by atoms with Gasteiger partial charge in [0.2, 0.25) is 0 Å². The van der Waals surface area contributed by atoms with Crippen molar-refractivity contribution in [2.24, 2.45) is 5.92 Å². The standard InChI is InChI=1S/C21H30N4O2/c1-13(2)25(14(3)4)20-9-16-11-22-17(10-19(16)27-20)21(26)23-18-12-24-7-5-15(18)6-8-24/h9-11,13-15,18H,5-8,12H2,1-4H3,(H,23,26). The average Bonchev–Trinajstić information content (AvgIpc) is 3.04. The Labute approximate surface area is 160 Å². The van der Waals surface area contributed by atoms with Crippen molar-refractivity contribution in [2.45, 2.75) is 58.7 Å². The zero-order valence-corrected chi connectivity index (χ0v) is 16.7. The highest BCUT2D eigenvalue weighted by molar-refractivity contribution is 5.95. The number of pyridine rings is 1. The van der Waals surface area contributed by atoms with Crippen LogP contribution in [0.25, 0.3) is 11.0 Å². The molecule has 0 aliphatic carbocycles. The molecule has 0 saturated carbocycles. The minimum absolute atomic E-state index is 0.0989. The van der Waals surface area contributed by atoms with E-state index < -0.39 is 0 Å². The maximum absolute atomic E-state index is 12.7. The highest BCUT2D eigenvalue weighted by Gasteiger charge is 2.35. The molecule has 0 radical (unpaired) electrons. The summed E-state index contributed by atoms with van der Waals surface area (Å²) in [6, 6.07) is 4.68. The molecule has 1 amide bonds. The Kier molecular flexibility index (Phi) is 4.84. The van der Waals surface area contributed by atoms with Gasteiger partial charge in [-0.1, -0.05) is 0 Å². The average molecular weight is 370 g/mol. The van der Waals surface area contributed by atoms with Crippen LogP contribution in [-0.2, 0) is 0 Å². The van der Waals surface area contributed by atoms with Crippen LogP contribution in [0.4, 0.5) is 5.88 Å². The molecule has 3 fully saturated rings. The van der Waals surface area contributed by atoms with Crippen LogP contribution in [-0.4, -0.2) is 53.6 Å². The summed E-state index contributed by atoms with van der Waals surface area (Å²) in [6.07, 6.45) is 4.10. The first-order chi connectivity index (χ1) is 12.9. The van der Waals surface area contributed by atoms with E-state index in [9.17, 15) is 4.79 Å². The molecule has 2 aromatic rings. The molecule has 3 aliphatic rings. The second-order valence-corrected chi connectivity index (χ2v) is 8.50. The van der Waals surface area contributed by atoms with Crippen molar-refractivity contribution < 1.29 is 9.21 Å². The third-order valence-electron chi connectivity index (χ3n) is 5.96. The molecule has 1 N–H and O–H groups in total. The van der Waals surface area contributed by atoms with Crippen molar-refractivity contribution in [3.63, 3.8) is 0 Å². The zero-order valence-electron chi connectivity index (χ0n) is 16.7. The van der Waals surface area contributed by atoms with Crippen LogP contribution in [0.5, 0.6) is 0 Å². The van der Waals surface area contributed by atoms with E-state index in [0.717, 1.165) is 17.8 Å². The van der Waals surface area contributed by atoms with Gasteiger partial charge in [-0.25, -0.2) is 0 Å². The number of amides is 1. The minimum Gasteiger partial charge on any atom is -0.440 e. The molecular formula is C21H30N4O2. The smallest absolute Gasteiger partial charge is 0.270 e. The third-order valence-corrected chi connectivity index (χ3v) is 5.96. The van der Waals surface area contributed by atoms with Gasteiger partial charge >= 0.3 is 0 Å². The lowest BCUT2D eigenvalue weighted by Gasteiger charge is -2.44. The van der Waals surface area contributed by atoms with E-state index in [1.807, 2.05) is 6.07 Å². The molecule has 0 spiro atoms. The van der Waals surface area contributed by atoms with Crippen LogP contribution < -0.4 is 10.2 Å². The molecule has 0 aromatic carbocycles. The number of carbonyl (C=O) groups is 1. The van der Waals surface area contributed by atoms with Crippen molar-refractivity contribution >= 4 is 22.8 Å². The van der Waals surface area contributed by atoms with Crippen LogP contribution >= 0.6 is 0 Å². The number of anilines is 1. The summed E-state index contributed by atoms with van der Waals surface area (Å²) in [7, 11) is 0. The molecule has 5 heterocycles. The summed E-state index contributed by atoms with van der Waals surface area (Å²) < 4.78 is 6.08. The number of nitrogens with one attached hydrogen (secondary N) is 1. The Hall–Kier alpha value is -2.08. The molecule has 27 heavy (non-hydrogen) atoms. The Bertz CT molecular complexity index is 813. The summed E-state index contributed by atoms with van der Waals surface area (Å²) >= 11 is 0. The van der Waals surface area contributed by atoms with Crippen LogP contribution in [0, 0.1) is 5.92 Å². The van der Waals surface area contributed by atoms with Gasteiger partial charge in [0.05, 0.1) is 0 Å². The van der Waals surface area contributed by atoms with E-state index in [2.05, 4.69) is 47.8 Å². The Balaban J connectivity index is 1.53. The van der Waals surface area contributed by atoms with Crippen molar-refractivity contribution in [3.8, 4) is 0 Å². The number of piperidine rings is 3. The number of nitrogens with zero attached hydrogens (tertiary/aromatic N) is 3. The second kappa shape index (κ2) is 7.15. The maximum atomic E-state index is 12.7. The molecule has 146 valence electrons.